The van der Waals surface area contributed by atoms with Gasteiger partial charge in [0.1, 0.15) is 12.2 Å². The number of alkyl carbamates (subject to hydrolysis) is 1. The number of hydrogen-bond acceptors (Lipinski definition) is 5. The van der Waals surface area contributed by atoms with Crippen molar-refractivity contribution in [1.82, 2.24) is 5.32 Å². The van der Waals surface area contributed by atoms with Crippen molar-refractivity contribution >= 4 is 17.7 Å². The molecule has 0 fully saturated rings. The Morgan fingerprint density at radius 3 is 2.48 bits per heavy atom. The van der Waals surface area contributed by atoms with Crippen molar-refractivity contribution in [2.45, 2.75) is 19.6 Å². The highest BCUT2D eigenvalue weighted by molar-refractivity contribution is 5.93. The van der Waals surface area contributed by atoms with Gasteiger partial charge in [0.15, 0.2) is 0 Å². The van der Waals surface area contributed by atoms with Gasteiger partial charge in [0.2, 0.25) is 0 Å². The molecule has 2 N–H and O–H groups in total. The first-order valence-electron chi connectivity index (χ1n) is 7.38. The van der Waals surface area contributed by atoms with E-state index in [2.05, 4.69) is 5.32 Å². The molecule has 0 heterocycles. The summed E-state index contributed by atoms with van der Waals surface area (Å²) in [7, 11) is 0. The van der Waals surface area contributed by atoms with Gasteiger partial charge in [-0.1, -0.05) is 42.5 Å². The number of carbonyl (C=O) groups excluding carboxylic acids is 1. The minimum atomic E-state index is -1.41. The molecule has 0 bridgehead atoms. The molecule has 8 heteroatoms. The van der Waals surface area contributed by atoms with E-state index in [0.29, 0.717) is 0 Å². The highest BCUT2D eigenvalue weighted by Gasteiger charge is 2.27. The molecule has 0 aliphatic heterocycles. The van der Waals surface area contributed by atoms with Crippen LogP contribution in [0.25, 0.3) is 0 Å². The molecule has 0 saturated carbocycles. The Balaban J connectivity index is 2.11. The van der Waals surface area contributed by atoms with E-state index in [1.54, 1.807) is 24.3 Å². The summed E-state index contributed by atoms with van der Waals surface area (Å²) in [6.07, 6.45) is -0.758. The van der Waals surface area contributed by atoms with Gasteiger partial charge in [0, 0.05) is 0 Å². The fourth-order valence-corrected chi connectivity index (χ4v) is 2.31. The van der Waals surface area contributed by atoms with Gasteiger partial charge >= 0.3 is 12.1 Å². The second-order valence-corrected chi connectivity index (χ2v) is 5.23. The molecule has 0 radical (unpaired) electrons. The second kappa shape index (κ2) is 7.91. The van der Waals surface area contributed by atoms with Crippen molar-refractivity contribution in [3.63, 3.8) is 0 Å². The summed E-state index contributed by atoms with van der Waals surface area (Å²) in [5.41, 5.74) is -0.106. The molecule has 2 aromatic rings. The van der Waals surface area contributed by atoms with Crippen LogP contribution in [0.4, 0.5) is 10.5 Å². The highest BCUT2D eigenvalue weighted by atomic mass is 16.6. The third-order valence-electron chi connectivity index (χ3n) is 3.49. The van der Waals surface area contributed by atoms with Crippen LogP contribution in [-0.2, 0) is 11.3 Å². The van der Waals surface area contributed by atoms with Crippen molar-refractivity contribution in [1.29, 1.82) is 0 Å². The number of amides is 1. The summed E-state index contributed by atoms with van der Waals surface area (Å²) in [4.78, 5) is 33.5. The Bertz CT molecular complexity index is 791. The number of benzene rings is 2. The number of hydrogen-bond donors (Lipinski definition) is 2. The quantitative estimate of drug-likeness (QED) is 0.613. The van der Waals surface area contributed by atoms with Gasteiger partial charge in [-0.15, -0.1) is 0 Å². The minimum Gasteiger partial charge on any atom is -0.477 e. The van der Waals surface area contributed by atoms with Gasteiger partial charge in [-0.3, -0.25) is 10.1 Å². The average molecular weight is 344 g/mol. The lowest BCUT2D eigenvalue weighted by molar-refractivity contribution is -0.386. The maximum Gasteiger partial charge on any atom is 0.407 e. The first-order valence-corrected chi connectivity index (χ1v) is 7.38. The largest absolute Gasteiger partial charge is 0.477 e. The Morgan fingerprint density at radius 2 is 1.88 bits per heavy atom. The molecular formula is C17H16N2O6. The van der Waals surface area contributed by atoms with Crippen LogP contribution in [-0.4, -0.2) is 22.1 Å². The molecule has 0 unspecified atom stereocenters. The van der Waals surface area contributed by atoms with Crippen LogP contribution >= 0.6 is 0 Å². The van der Waals surface area contributed by atoms with Crippen molar-refractivity contribution < 1.29 is 24.4 Å². The number of carbonyl (C=O) groups is 2. The van der Waals surface area contributed by atoms with E-state index in [0.717, 1.165) is 11.6 Å². The van der Waals surface area contributed by atoms with Crippen LogP contribution in [0.2, 0.25) is 0 Å². The lowest BCUT2D eigenvalue weighted by Crippen LogP contribution is -2.28. The number of ether oxygens (including phenoxy) is 1. The van der Waals surface area contributed by atoms with Gasteiger partial charge in [0.25, 0.3) is 5.69 Å². The number of aromatic carboxylic acids is 1. The maximum atomic E-state index is 11.9. The Morgan fingerprint density at radius 1 is 1.20 bits per heavy atom. The van der Waals surface area contributed by atoms with Crippen LogP contribution in [0.15, 0.2) is 48.5 Å². The number of carboxylic acids is 1. The number of carboxylic acid groups (broad SMARTS) is 1. The number of nitrogens with zero attached hydrogens (tertiary/aromatic N) is 1. The molecular weight excluding hydrogens is 328 g/mol. The van der Waals surface area contributed by atoms with Gasteiger partial charge in [0.05, 0.1) is 16.5 Å². The van der Waals surface area contributed by atoms with E-state index in [4.69, 9.17) is 9.84 Å². The zero-order valence-electron chi connectivity index (χ0n) is 13.3. The van der Waals surface area contributed by atoms with E-state index in [1.807, 2.05) is 6.07 Å². The molecule has 130 valence electrons. The molecule has 0 aliphatic rings. The van der Waals surface area contributed by atoms with Crippen molar-refractivity contribution in [2.75, 3.05) is 0 Å². The van der Waals surface area contributed by atoms with Gasteiger partial charge in [-0.25, -0.2) is 9.59 Å². The number of nitrogens with one attached hydrogen (secondary N) is 1. The Labute approximate surface area is 143 Å². The van der Waals surface area contributed by atoms with Gasteiger partial charge in [-0.05, 0) is 18.6 Å². The Kier molecular flexibility index (Phi) is 5.67. The normalized spacial score (nSPS) is 11.4. The lowest BCUT2D eigenvalue weighted by atomic mass is 10.0. The van der Waals surface area contributed by atoms with Crippen LogP contribution in [0.3, 0.4) is 0 Å². The predicted octanol–water partition coefficient (Wildman–Crippen LogP) is 3.28. The highest BCUT2D eigenvalue weighted by Crippen LogP contribution is 2.29. The van der Waals surface area contributed by atoms with Crippen molar-refractivity contribution in [2.24, 2.45) is 0 Å². The monoisotopic (exact) mass is 344 g/mol. The molecule has 2 rings (SSSR count). The molecule has 2 aromatic carbocycles. The summed E-state index contributed by atoms with van der Waals surface area (Å²) in [6.45, 7) is 1.56. The molecule has 1 atom stereocenters. The second-order valence-electron chi connectivity index (χ2n) is 5.23. The summed E-state index contributed by atoms with van der Waals surface area (Å²) in [6, 6.07) is 12.1. The van der Waals surface area contributed by atoms with E-state index in [1.165, 1.54) is 19.1 Å². The SMILES string of the molecule is C[C@@H](NC(=O)OCc1ccccc1)c1cccc(C(=O)O)c1[N+](=O)[O-]. The smallest absolute Gasteiger partial charge is 0.407 e. The Hall–Kier alpha value is -3.42. The fraction of sp³-hybridized carbons (Fsp3) is 0.176. The van der Waals surface area contributed by atoms with Crippen LogP contribution < -0.4 is 5.32 Å². The number of nitro groups is 1. The summed E-state index contributed by atoms with van der Waals surface area (Å²) >= 11 is 0. The molecule has 0 aromatic heterocycles. The lowest BCUT2D eigenvalue weighted by Gasteiger charge is -2.15. The van der Waals surface area contributed by atoms with E-state index >= 15 is 0 Å². The van der Waals surface area contributed by atoms with Crippen LogP contribution in [0.1, 0.15) is 34.5 Å². The molecule has 1 amide bonds. The summed E-state index contributed by atoms with van der Waals surface area (Å²) in [5, 5.41) is 22.8. The summed E-state index contributed by atoms with van der Waals surface area (Å²) < 4.78 is 5.06. The number of nitro benzene ring substituents is 1. The number of para-hydroxylation sites is 1. The van der Waals surface area contributed by atoms with Crippen molar-refractivity contribution in [3.05, 3.63) is 75.3 Å². The molecule has 25 heavy (non-hydrogen) atoms. The van der Waals surface area contributed by atoms with Crippen LogP contribution in [0.5, 0.6) is 0 Å². The number of rotatable bonds is 6. The maximum absolute atomic E-state index is 11.9. The topological polar surface area (TPSA) is 119 Å². The zero-order valence-corrected chi connectivity index (χ0v) is 13.3. The van der Waals surface area contributed by atoms with Gasteiger partial charge < -0.3 is 15.2 Å². The van der Waals surface area contributed by atoms with E-state index < -0.39 is 34.3 Å². The zero-order chi connectivity index (χ0) is 18.4. The molecule has 0 saturated heterocycles. The molecule has 0 aliphatic carbocycles. The minimum absolute atomic E-state index is 0.0522. The van der Waals surface area contributed by atoms with E-state index in [9.17, 15) is 19.7 Å². The average Bonchev–Trinajstić information content (AvgIpc) is 2.60. The van der Waals surface area contributed by atoms with E-state index in [-0.39, 0.29) is 12.2 Å². The molecule has 0 spiro atoms. The standard InChI is InChI=1S/C17H16N2O6/c1-11(18-17(22)25-10-12-6-3-2-4-7-12)13-8-5-9-14(16(20)21)15(13)19(23)24/h2-9,11H,10H2,1H3,(H,18,22)(H,20,21)/t11-/m1/s1. The molecule has 8 nitrogen and oxygen atoms in total. The fourth-order valence-electron chi connectivity index (χ4n) is 2.31. The third-order valence-corrected chi connectivity index (χ3v) is 3.49. The third kappa shape index (κ3) is 4.54. The summed E-state index contributed by atoms with van der Waals surface area (Å²) in [5.74, 6) is -1.41. The first kappa shape index (κ1) is 17.9. The first-order chi connectivity index (χ1) is 11.9. The van der Waals surface area contributed by atoms with Gasteiger partial charge in [-0.2, -0.15) is 0 Å². The van der Waals surface area contributed by atoms with Crippen LogP contribution in [0, 0.1) is 10.1 Å². The predicted molar refractivity (Wildman–Crippen MR) is 88.2 cm³/mol. The van der Waals surface area contributed by atoms with Crippen molar-refractivity contribution in [3.8, 4) is 0 Å².